The molecule has 1 amide bonds. The zero-order valence-corrected chi connectivity index (χ0v) is 18.3. The molecule has 158 valence electrons. The maximum Gasteiger partial charge on any atom is 0.243 e. The first-order valence-electron chi connectivity index (χ1n) is 9.76. The lowest BCUT2D eigenvalue weighted by atomic mass is 10.1. The summed E-state index contributed by atoms with van der Waals surface area (Å²) in [4.78, 5) is 12.5. The number of carbonyl (C=O) groups is 1. The molecule has 2 aromatic carbocycles. The minimum Gasteiger partial charge on any atom is -0.491 e. The predicted octanol–water partition coefficient (Wildman–Crippen LogP) is 3.38. The maximum atomic E-state index is 12.5. The highest BCUT2D eigenvalue weighted by Gasteiger charge is 2.28. The van der Waals surface area contributed by atoms with Crippen molar-refractivity contribution in [2.75, 3.05) is 17.1 Å². The second-order valence-electron chi connectivity index (χ2n) is 7.28. The summed E-state index contributed by atoms with van der Waals surface area (Å²) in [6.07, 6.45) is 2.81. The molecule has 29 heavy (non-hydrogen) atoms. The Morgan fingerprint density at radius 2 is 1.66 bits per heavy atom. The van der Waals surface area contributed by atoms with E-state index < -0.39 is 16.1 Å². The minimum absolute atomic E-state index is 0.139. The Labute approximate surface area is 173 Å². The third-order valence-corrected chi connectivity index (χ3v) is 5.58. The largest absolute Gasteiger partial charge is 0.491 e. The number of amides is 1. The standard InChI is InChI=1S/C22H30N2O4S/c1-17(2)28-21-14-12-19(13-15-21)9-8-16-23-22(25)18(3)24(29(4,26)27)20-10-6-5-7-11-20/h5-7,10-15,17-18H,8-9,16H2,1-4H3,(H,23,25). The fourth-order valence-corrected chi connectivity index (χ4v) is 4.22. The molecule has 0 bridgehead atoms. The first kappa shape index (κ1) is 22.7. The number of para-hydroxylation sites is 1. The number of ether oxygens (including phenoxy) is 1. The number of anilines is 1. The van der Waals surface area contributed by atoms with Crippen LogP contribution in [0.1, 0.15) is 32.8 Å². The number of hydrogen-bond donors (Lipinski definition) is 1. The second kappa shape index (κ2) is 10.3. The van der Waals surface area contributed by atoms with E-state index >= 15 is 0 Å². The lowest BCUT2D eigenvalue weighted by molar-refractivity contribution is -0.121. The Balaban J connectivity index is 1.87. The summed E-state index contributed by atoms with van der Waals surface area (Å²) in [6.45, 7) is 6.04. The SMILES string of the molecule is CC(C)Oc1ccc(CCCNC(=O)C(C)N(c2ccccc2)S(C)(=O)=O)cc1. The van der Waals surface area contributed by atoms with Gasteiger partial charge in [0.25, 0.3) is 0 Å². The molecule has 0 radical (unpaired) electrons. The number of nitrogens with zero attached hydrogens (tertiary/aromatic N) is 1. The molecule has 2 rings (SSSR count). The van der Waals surface area contributed by atoms with Crippen molar-refractivity contribution in [3.05, 3.63) is 60.2 Å². The number of hydrogen-bond acceptors (Lipinski definition) is 4. The van der Waals surface area contributed by atoms with Gasteiger partial charge in [0.2, 0.25) is 15.9 Å². The van der Waals surface area contributed by atoms with Crippen molar-refractivity contribution in [1.29, 1.82) is 0 Å². The maximum absolute atomic E-state index is 12.5. The van der Waals surface area contributed by atoms with E-state index in [1.165, 1.54) is 0 Å². The molecule has 1 unspecified atom stereocenters. The van der Waals surface area contributed by atoms with Crippen molar-refractivity contribution in [2.24, 2.45) is 0 Å². The lowest BCUT2D eigenvalue weighted by Crippen LogP contribution is -2.48. The molecule has 1 N–H and O–H groups in total. The summed E-state index contributed by atoms with van der Waals surface area (Å²) in [7, 11) is -3.59. The van der Waals surface area contributed by atoms with Crippen molar-refractivity contribution in [3.8, 4) is 5.75 Å². The van der Waals surface area contributed by atoms with Crippen LogP contribution in [-0.4, -0.2) is 39.3 Å². The highest BCUT2D eigenvalue weighted by Crippen LogP contribution is 2.20. The van der Waals surface area contributed by atoms with Gasteiger partial charge in [0.05, 0.1) is 18.0 Å². The van der Waals surface area contributed by atoms with E-state index in [0.29, 0.717) is 12.2 Å². The normalized spacial score (nSPS) is 12.4. The molecule has 0 aliphatic rings. The molecule has 0 heterocycles. The molecule has 0 saturated carbocycles. The third kappa shape index (κ3) is 7.09. The molecule has 0 aromatic heterocycles. The van der Waals surface area contributed by atoms with E-state index in [4.69, 9.17) is 4.74 Å². The average molecular weight is 419 g/mol. The van der Waals surface area contributed by atoms with Crippen LogP contribution in [0.2, 0.25) is 0 Å². The molecule has 0 aliphatic heterocycles. The first-order chi connectivity index (χ1) is 13.7. The minimum atomic E-state index is -3.59. The van der Waals surface area contributed by atoms with Crippen molar-refractivity contribution in [1.82, 2.24) is 5.32 Å². The topological polar surface area (TPSA) is 75.7 Å². The van der Waals surface area contributed by atoms with Gasteiger partial charge in [-0.15, -0.1) is 0 Å². The van der Waals surface area contributed by atoms with Crippen LogP contribution >= 0.6 is 0 Å². The van der Waals surface area contributed by atoms with Crippen molar-refractivity contribution < 1.29 is 17.9 Å². The van der Waals surface area contributed by atoms with E-state index in [1.807, 2.05) is 38.1 Å². The van der Waals surface area contributed by atoms with Gasteiger partial charge in [0.15, 0.2) is 0 Å². The first-order valence-corrected chi connectivity index (χ1v) is 11.6. The summed E-state index contributed by atoms with van der Waals surface area (Å²) >= 11 is 0. The third-order valence-electron chi connectivity index (χ3n) is 4.34. The van der Waals surface area contributed by atoms with E-state index in [2.05, 4.69) is 5.32 Å². The fourth-order valence-electron chi connectivity index (χ4n) is 3.04. The number of aryl methyl sites for hydroxylation is 1. The number of carbonyl (C=O) groups excluding carboxylic acids is 1. The molecule has 0 spiro atoms. The van der Waals surface area contributed by atoms with Crippen LogP contribution < -0.4 is 14.4 Å². The van der Waals surface area contributed by atoms with Crippen LogP contribution in [0.4, 0.5) is 5.69 Å². The Kier molecular flexibility index (Phi) is 8.08. The smallest absolute Gasteiger partial charge is 0.243 e. The van der Waals surface area contributed by atoms with Gasteiger partial charge < -0.3 is 10.1 Å². The van der Waals surface area contributed by atoms with Gasteiger partial charge in [-0.25, -0.2) is 8.42 Å². The zero-order chi connectivity index (χ0) is 21.4. The molecule has 6 nitrogen and oxygen atoms in total. The highest BCUT2D eigenvalue weighted by atomic mass is 32.2. The molecule has 0 fully saturated rings. The van der Waals surface area contributed by atoms with Gasteiger partial charge >= 0.3 is 0 Å². The Morgan fingerprint density at radius 1 is 1.03 bits per heavy atom. The molecular weight excluding hydrogens is 388 g/mol. The lowest BCUT2D eigenvalue weighted by Gasteiger charge is -2.28. The predicted molar refractivity (Wildman–Crippen MR) is 117 cm³/mol. The van der Waals surface area contributed by atoms with Crippen molar-refractivity contribution in [2.45, 2.75) is 45.8 Å². The number of benzene rings is 2. The van der Waals surface area contributed by atoms with Gasteiger partial charge in [-0.1, -0.05) is 30.3 Å². The molecular formula is C22H30N2O4S. The monoisotopic (exact) mass is 418 g/mol. The van der Waals surface area contributed by atoms with Crippen LogP contribution in [0.25, 0.3) is 0 Å². The van der Waals surface area contributed by atoms with Crippen LogP contribution in [0.5, 0.6) is 5.75 Å². The number of rotatable bonds is 10. The summed E-state index contributed by atoms with van der Waals surface area (Å²) in [6, 6.07) is 15.7. The molecule has 1 atom stereocenters. The average Bonchev–Trinajstić information content (AvgIpc) is 2.65. The van der Waals surface area contributed by atoms with Gasteiger partial charge in [-0.05, 0) is 63.4 Å². The Morgan fingerprint density at radius 3 is 2.21 bits per heavy atom. The van der Waals surface area contributed by atoms with Crippen LogP contribution in [0.3, 0.4) is 0 Å². The van der Waals surface area contributed by atoms with E-state index in [1.54, 1.807) is 37.3 Å². The van der Waals surface area contributed by atoms with E-state index in [-0.39, 0.29) is 12.0 Å². The Bertz CT molecular complexity index is 881. The molecule has 0 aliphatic carbocycles. The molecule has 2 aromatic rings. The zero-order valence-electron chi connectivity index (χ0n) is 17.5. The summed E-state index contributed by atoms with van der Waals surface area (Å²) in [5.74, 6) is 0.521. The summed E-state index contributed by atoms with van der Waals surface area (Å²) in [5, 5.41) is 2.84. The second-order valence-corrected chi connectivity index (χ2v) is 9.13. The molecule has 0 saturated heterocycles. The van der Waals surface area contributed by atoms with Gasteiger partial charge in [0.1, 0.15) is 11.8 Å². The van der Waals surface area contributed by atoms with E-state index in [9.17, 15) is 13.2 Å². The van der Waals surface area contributed by atoms with Crippen molar-refractivity contribution >= 4 is 21.6 Å². The molecule has 7 heteroatoms. The fraction of sp³-hybridized carbons (Fsp3) is 0.409. The van der Waals surface area contributed by atoms with Crippen LogP contribution in [-0.2, 0) is 21.2 Å². The van der Waals surface area contributed by atoms with Crippen LogP contribution in [0, 0.1) is 0 Å². The number of sulfonamides is 1. The summed E-state index contributed by atoms with van der Waals surface area (Å²) in [5.41, 5.74) is 1.63. The van der Waals surface area contributed by atoms with Gasteiger partial charge in [-0.3, -0.25) is 9.10 Å². The van der Waals surface area contributed by atoms with Crippen molar-refractivity contribution in [3.63, 3.8) is 0 Å². The van der Waals surface area contributed by atoms with Crippen LogP contribution in [0.15, 0.2) is 54.6 Å². The highest BCUT2D eigenvalue weighted by molar-refractivity contribution is 7.92. The van der Waals surface area contributed by atoms with Gasteiger partial charge in [0, 0.05) is 6.54 Å². The number of nitrogens with one attached hydrogen (secondary N) is 1. The quantitative estimate of drug-likeness (QED) is 0.600. The summed E-state index contributed by atoms with van der Waals surface area (Å²) < 4.78 is 31.2. The van der Waals surface area contributed by atoms with E-state index in [0.717, 1.165) is 34.7 Å². The Hall–Kier alpha value is -2.54. The van der Waals surface area contributed by atoms with Gasteiger partial charge in [-0.2, -0.15) is 0 Å².